The Bertz CT molecular complexity index is 481. The van der Waals surface area contributed by atoms with Crippen LogP contribution < -0.4 is 4.74 Å². The Morgan fingerprint density at radius 1 is 1.50 bits per heavy atom. The molecule has 1 N–H and O–H groups in total. The van der Waals surface area contributed by atoms with Crippen molar-refractivity contribution in [1.29, 1.82) is 0 Å². The smallest absolute Gasteiger partial charge is 0.307 e. The van der Waals surface area contributed by atoms with Crippen LogP contribution in [0.15, 0.2) is 24.3 Å². The molecule has 96 valence electrons. The molecule has 0 heterocycles. The Morgan fingerprint density at radius 2 is 2.22 bits per heavy atom. The lowest BCUT2D eigenvalue weighted by atomic mass is 9.77. The van der Waals surface area contributed by atoms with Gasteiger partial charge in [-0.2, -0.15) is 0 Å². The van der Waals surface area contributed by atoms with Gasteiger partial charge >= 0.3 is 5.97 Å². The van der Waals surface area contributed by atoms with E-state index in [4.69, 9.17) is 9.84 Å². The molecule has 0 bridgehead atoms. The van der Waals surface area contributed by atoms with E-state index in [2.05, 4.69) is 0 Å². The molecule has 0 atom stereocenters. The molecule has 0 unspecified atom stereocenters. The molecule has 1 aromatic carbocycles. The highest BCUT2D eigenvalue weighted by molar-refractivity contribution is 5.68. The zero-order valence-corrected chi connectivity index (χ0v) is 9.67. The van der Waals surface area contributed by atoms with Crippen molar-refractivity contribution in [1.82, 2.24) is 0 Å². The third kappa shape index (κ3) is 2.58. The van der Waals surface area contributed by atoms with Crippen molar-refractivity contribution in [3.63, 3.8) is 0 Å². The summed E-state index contributed by atoms with van der Waals surface area (Å²) in [4.78, 5) is 20.9. The van der Waals surface area contributed by atoms with Gasteiger partial charge in [0.2, 0.25) is 0 Å². The summed E-state index contributed by atoms with van der Waals surface area (Å²) in [6, 6.07) is 5.83. The number of ether oxygens (including phenoxy) is 1. The molecule has 0 aliphatic heterocycles. The molecule has 18 heavy (non-hydrogen) atoms. The van der Waals surface area contributed by atoms with Crippen molar-refractivity contribution in [2.45, 2.75) is 31.3 Å². The van der Waals surface area contributed by atoms with Crippen LogP contribution >= 0.6 is 0 Å². The third-order valence-corrected chi connectivity index (χ3v) is 3.10. The molecule has 0 radical (unpaired) electrons. The van der Waals surface area contributed by atoms with Gasteiger partial charge in [-0.1, -0.05) is 6.07 Å². The van der Waals surface area contributed by atoms with Crippen LogP contribution in [0.25, 0.3) is 0 Å². The molecule has 1 fully saturated rings. The zero-order valence-electron chi connectivity index (χ0n) is 9.67. The van der Waals surface area contributed by atoms with Crippen LogP contribution in [0, 0.1) is 10.1 Å². The van der Waals surface area contributed by atoms with Gasteiger partial charge in [-0.25, -0.2) is 0 Å². The fourth-order valence-corrected chi connectivity index (χ4v) is 2.07. The minimum Gasteiger partial charge on any atom is -0.486 e. The van der Waals surface area contributed by atoms with Gasteiger partial charge < -0.3 is 9.84 Å². The maximum absolute atomic E-state index is 10.8. The average molecular weight is 251 g/mol. The van der Waals surface area contributed by atoms with Gasteiger partial charge in [0.1, 0.15) is 11.4 Å². The summed E-state index contributed by atoms with van der Waals surface area (Å²) in [5.74, 6) is -0.565. The normalized spacial score (nSPS) is 16.7. The molecular weight excluding hydrogens is 238 g/mol. The maximum atomic E-state index is 10.8. The van der Waals surface area contributed by atoms with E-state index in [1.54, 1.807) is 6.07 Å². The molecule has 0 saturated heterocycles. The van der Waals surface area contributed by atoms with Crippen LogP contribution in [-0.2, 0) is 4.79 Å². The highest BCUT2D eigenvalue weighted by atomic mass is 16.6. The van der Waals surface area contributed by atoms with Crippen LogP contribution in [-0.4, -0.2) is 21.6 Å². The standard InChI is InChI=1S/C12H13NO5/c14-11(15)8-12(5-2-6-12)18-10-4-1-3-9(7-10)13(16)17/h1,3-4,7H,2,5-6,8H2,(H,14,15). The number of benzene rings is 1. The van der Waals surface area contributed by atoms with E-state index >= 15 is 0 Å². The summed E-state index contributed by atoms with van der Waals surface area (Å²) < 4.78 is 5.65. The fourth-order valence-electron chi connectivity index (χ4n) is 2.07. The van der Waals surface area contributed by atoms with Crippen molar-refractivity contribution in [3.8, 4) is 5.75 Å². The second-order valence-corrected chi connectivity index (χ2v) is 4.46. The van der Waals surface area contributed by atoms with E-state index in [9.17, 15) is 14.9 Å². The molecule has 0 aromatic heterocycles. The number of aliphatic carboxylic acids is 1. The number of carboxylic acids is 1. The lowest BCUT2D eigenvalue weighted by molar-refractivity contribution is -0.385. The maximum Gasteiger partial charge on any atom is 0.307 e. The van der Waals surface area contributed by atoms with Gasteiger partial charge in [0.15, 0.2) is 0 Å². The minimum absolute atomic E-state index is 0.0581. The number of hydrogen-bond acceptors (Lipinski definition) is 4. The number of nitrogens with zero attached hydrogens (tertiary/aromatic N) is 1. The van der Waals surface area contributed by atoms with E-state index in [0.717, 1.165) is 6.42 Å². The fraction of sp³-hybridized carbons (Fsp3) is 0.417. The first-order valence-corrected chi connectivity index (χ1v) is 5.66. The largest absolute Gasteiger partial charge is 0.486 e. The lowest BCUT2D eigenvalue weighted by Gasteiger charge is -2.40. The third-order valence-electron chi connectivity index (χ3n) is 3.10. The minimum atomic E-state index is -0.917. The van der Waals surface area contributed by atoms with Crippen molar-refractivity contribution in [3.05, 3.63) is 34.4 Å². The van der Waals surface area contributed by atoms with Gasteiger partial charge in [-0.3, -0.25) is 14.9 Å². The Balaban J connectivity index is 2.14. The van der Waals surface area contributed by atoms with E-state index in [1.807, 2.05) is 0 Å². The van der Waals surface area contributed by atoms with E-state index in [1.165, 1.54) is 18.2 Å². The van der Waals surface area contributed by atoms with Crippen LogP contribution in [0.1, 0.15) is 25.7 Å². The molecule has 0 spiro atoms. The molecular formula is C12H13NO5. The highest BCUT2D eigenvalue weighted by Gasteiger charge is 2.41. The van der Waals surface area contributed by atoms with Crippen LogP contribution in [0.5, 0.6) is 5.75 Å². The molecule has 6 heteroatoms. The topological polar surface area (TPSA) is 89.7 Å². The molecule has 2 rings (SSSR count). The van der Waals surface area contributed by atoms with Crippen molar-refractivity contribution >= 4 is 11.7 Å². The van der Waals surface area contributed by atoms with E-state index in [0.29, 0.717) is 18.6 Å². The lowest BCUT2D eigenvalue weighted by Crippen LogP contribution is -2.45. The summed E-state index contributed by atoms with van der Waals surface area (Å²) in [5.41, 5.74) is -0.751. The highest BCUT2D eigenvalue weighted by Crippen LogP contribution is 2.39. The Labute approximate surface area is 103 Å². The monoisotopic (exact) mass is 251 g/mol. The van der Waals surface area contributed by atoms with Crippen LogP contribution in [0.3, 0.4) is 0 Å². The Hall–Kier alpha value is -2.11. The SMILES string of the molecule is O=C(O)CC1(Oc2cccc([N+](=O)[O-])c2)CCC1. The van der Waals surface area contributed by atoms with E-state index in [-0.39, 0.29) is 12.1 Å². The van der Waals surface area contributed by atoms with Gasteiger partial charge in [0.05, 0.1) is 17.4 Å². The zero-order chi connectivity index (χ0) is 13.2. The molecule has 1 aliphatic carbocycles. The average Bonchev–Trinajstić information content (AvgIpc) is 2.25. The molecule has 1 aliphatic rings. The van der Waals surface area contributed by atoms with Crippen molar-refractivity contribution in [2.24, 2.45) is 0 Å². The summed E-state index contributed by atoms with van der Waals surface area (Å²) in [6.45, 7) is 0. The number of non-ortho nitro benzene ring substituents is 1. The Morgan fingerprint density at radius 3 is 2.72 bits per heavy atom. The van der Waals surface area contributed by atoms with Gasteiger partial charge in [-0.15, -0.1) is 0 Å². The first-order chi connectivity index (χ1) is 8.51. The second-order valence-electron chi connectivity index (χ2n) is 4.46. The molecule has 1 aromatic rings. The van der Waals surface area contributed by atoms with Gasteiger partial charge in [0, 0.05) is 6.07 Å². The number of carbonyl (C=O) groups is 1. The predicted molar refractivity (Wildman–Crippen MR) is 62.6 cm³/mol. The quantitative estimate of drug-likeness (QED) is 0.640. The number of nitro benzene ring substituents is 1. The predicted octanol–water partition coefficient (Wildman–Crippen LogP) is 2.37. The molecule has 6 nitrogen and oxygen atoms in total. The first kappa shape index (κ1) is 12.3. The second kappa shape index (κ2) is 4.64. The Kier molecular flexibility index (Phi) is 3.18. The summed E-state index contributed by atoms with van der Waals surface area (Å²) in [5, 5.41) is 19.5. The number of rotatable bonds is 5. The summed E-state index contributed by atoms with van der Waals surface area (Å²) in [6.07, 6.45) is 2.18. The van der Waals surface area contributed by atoms with Gasteiger partial charge in [0.25, 0.3) is 5.69 Å². The van der Waals surface area contributed by atoms with E-state index < -0.39 is 16.5 Å². The van der Waals surface area contributed by atoms with Crippen molar-refractivity contribution in [2.75, 3.05) is 0 Å². The number of hydrogen-bond donors (Lipinski definition) is 1. The summed E-state index contributed by atoms with van der Waals surface area (Å²) in [7, 11) is 0. The first-order valence-electron chi connectivity index (χ1n) is 5.66. The molecule has 1 saturated carbocycles. The molecule has 0 amide bonds. The van der Waals surface area contributed by atoms with Crippen LogP contribution in [0.2, 0.25) is 0 Å². The van der Waals surface area contributed by atoms with Crippen LogP contribution in [0.4, 0.5) is 5.69 Å². The van der Waals surface area contributed by atoms with Crippen molar-refractivity contribution < 1.29 is 19.6 Å². The van der Waals surface area contributed by atoms with Gasteiger partial charge in [-0.05, 0) is 25.3 Å². The number of carboxylic acid groups (broad SMARTS) is 1. The summed E-state index contributed by atoms with van der Waals surface area (Å²) >= 11 is 0. The number of nitro groups is 1.